The Bertz CT molecular complexity index is 1280. The van der Waals surface area contributed by atoms with Crippen molar-refractivity contribution in [2.75, 3.05) is 5.32 Å². The van der Waals surface area contributed by atoms with Gasteiger partial charge in [-0.1, -0.05) is 65.1 Å². The van der Waals surface area contributed by atoms with Crippen LogP contribution in [0.3, 0.4) is 0 Å². The Morgan fingerprint density at radius 3 is 2.26 bits per heavy atom. The summed E-state index contributed by atoms with van der Waals surface area (Å²) in [5, 5.41) is 4.04. The number of furan rings is 1. The first kappa shape index (κ1) is 21.2. The molecule has 4 rings (SSSR count). The SMILES string of the molecule is O=C(Nc1ccc(Cl)cc1C(=O)c1ccccc1)c1ccc(-c2cc(Cl)ccc2Cl)o1. The summed E-state index contributed by atoms with van der Waals surface area (Å²) < 4.78 is 5.68. The fourth-order valence-corrected chi connectivity index (χ4v) is 3.59. The molecule has 154 valence electrons. The van der Waals surface area contributed by atoms with Crippen LogP contribution in [-0.2, 0) is 0 Å². The molecule has 3 aromatic carbocycles. The molecule has 0 fully saturated rings. The number of carbonyl (C=O) groups is 2. The highest BCUT2D eigenvalue weighted by atomic mass is 35.5. The first-order valence-corrected chi connectivity index (χ1v) is 10.3. The van der Waals surface area contributed by atoms with Gasteiger partial charge in [-0.05, 0) is 48.5 Å². The highest BCUT2D eigenvalue weighted by molar-refractivity contribution is 6.35. The van der Waals surface area contributed by atoms with Crippen molar-refractivity contribution in [2.45, 2.75) is 0 Å². The smallest absolute Gasteiger partial charge is 0.291 e. The molecule has 1 aromatic heterocycles. The average molecular weight is 471 g/mol. The van der Waals surface area contributed by atoms with Gasteiger partial charge in [-0.15, -0.1) is 0 Å². The predicted molar refractivity (Wildman–Crippen MR) is 123 cm³/mol. The second kappa shape index (κ2) is 8.98. The molecule has 0 aliphatic heterocycles. The number of nitrogens with one attached hydrogen (secondary N) is 1. The van der Waals surface area contributed by atoms with E-state index in [1.54, 1.807) is 60.7 Å². The lowest BCUT2D eigenvalue weighted by atomic mass is 10.0. The molecule has 0 radical (unpaired) electrons. The van der Waals surface area contributed by atoms with Gasteiger partial charge >= 0.3 is 0 Å². The standard InChI is InChI=1S/C24H14Cl3NO3/c25-15-6-8-19(27)17(12-15)21-10-11-22(31-21)24(30)28-20-9-7-16(26)13-18(20)23(29)14-4-2-1-3-5-14/h1-13H,(H,28,30). The molecule has 7 heteroatoms. The monoisotopic (exact) mass is 469 g/mol. The van der Waals surface area contributed by atoms with Gasteiger partial charge < -0.3 is 9.73 Å². The summed E-state index contributed by atoms with van der Waals surface area (Å²) in [4.78, 5) is 25.7. The van der Waals surface area contributed by atoms with Gasteiger partial charge in [0.2, 0.25) is 0 Å². The second-order valence-electron chi connectivity index (χ2n) is 6.63. The summed E-state index contributed by atoms with van der Waals surface area (Å²) in [6, 6.07) is 21.6. The Balaban J connectivity index is 1.62. The first-order valence-electron chi connectivity index (χ1n) is 9.18. The molecule has 0 saturated carbocycles. The number of anilines is 1. The molecule has 0 aliphatic carbocycles. The van der Waals surface area contributed by atoms with Crippen molar-refractivity contribution in [1.82, 2.24) is 0 Å². The van der Waals surface area contributed by atoms with E-state index in [1.807, 2.05) is 6.07 Å². The molecular weight excluding hydrogens is 457 g/mol. The van der Waals surface area contributed by atoms with Crippen LogP contribution in [0.15, 0.2) is 83.3 Å². The van der Waals surface area contributed by atoms with Crippen LogP contribution in [0.2, 0.25) is 15.1 Å². The molecule has 0 bridgehead atoms. The minimum absolute atomic E-state index is 0.0547. The Morgan fingerprint density at radius 1 is 0.774 bits per heavy atom. The molecule has 0 unspecified atom stereocenters. The zero-order chi connectivity index (χ0) is 22.0. The lowest BCUT2D eigenvalue weighted by Gasteiger charge is -2.10. The van der Waals surface area contributed by atoms with Crippen molar-refractivity contribution in [1.29, 1.82) is 0 Å². The lowest BCUT2D eigenvalue weighted by Crippen LogP contribution is -2.14. The molecule has 0 aliphatic rings. The topological polar surface area (TPSA) is 59.3 Å². The van der Waals surface area contributed by atoms with Gasteiger partial charge in [0, 0.05) is 26.7 Å². The van der Waals surface area contributed by atoms with Crippen LogP contribution in [0.25, 0.3) is 11.3 Å². The third-order valence-electron chi connectivity index (χ3n) is 4.53. The van der Waals surface area contributed by atoms with Crippen LogP contribution < -0.4 is 5.32 Å². The second-order valence-corrected chi connectivity index (χ2v) is 7.91. The fourth-order valence-electron chi connectivity index (χ4n) is 3.03. The van der Waals surface area contributed by atoms with E-state index in [4.69, 9.17) is 39.2 Å². The van der Waals surface area contributed by atoms with Gasteiger partial charge in [-0.3, -0.25) is 9.59 Å². The quantitative estimate of drug-likeness (QED) is 0.309. The van der Waals surface area contributed by atoms with Gasteiger partial charge in [0.15, 0.2) is 11.5 Å². The van der Waals surface area contributed by atoms with Gasteiger partial charge in [-0.2, -0.15) is 0 Å². The number of amides is 1. The van der Waals surface area contributed by atoms with Crippen LogP contribution in [0, 0.1) is 0 Å². The molecule has 1 amide bonds. The van der Waals surface area contributed by atoms with Crippen molar-refractivity contribution < 1.29 is 14.0 Å². The van der Waals surface area contributed by atoms with Gasteiger partial charge in [-0.25, -0.2) is 0 Å². The van der Waals surface area contributed by atoms with E-state index in [0.29, 0.717) is 37.6 Å². The van der Waals surface area contributed by atoms with E-state index in [-0.39, 0.29) is 17.1 Å². The zero-order valence-corrected chi connectivity index (χ0v) is 18.1. The maximum absolute atomic E-state index is 12.9. The van der Waals surface area contributed by atoms with Gasteiger partial charge in [0.25, 0.3) is 5.91 Å². The summed E-state index contributed by atoms with van der Waals surface area (Å²) in [5.41, 5.74) is 1.65. The Kier molecular flexibility index (Phi) is 6.14. The van der Waals surface area contributed by atoms with Crippen LogP contribution in [0.4, 0.5) is 5.69 Å². The minimum atomic E-state index is -0.520. The average Bonchev–Trinajstić information content (AvgIpc) is 3.27. The maximum Gasteiger partial charge on any atom is 0.291 e. The van der Waals surface area contributed by atoms with E-state index in [9.17, 15) is 9.59 Å². The van der Waals surface area contributed by atoms with E-state index < -0.39 is 5.91 Å². The number of benzene rings is 3. The van der Waals surface area contributed by atoms with Crippen LogP contribution in [-0.4, -0.2) is 11.7 Å². The number of halogens is 3. The highest BCUT2D eigenvalue weighted by Gasteiger charge is 2.19. The van der Waals surface area contributed by atoms with Crippen LogP contribution in [0.5, 0.6) is 0 Å². The van der Waals surface area contributed by atoms with Crippen molar-refractivity contribution in [3.63, 3.8) is 0 Å². The molecule has 1 heterocycles. The van der Waals surface area contributed by atoms with Crippen LogP contribution >= 0.6 is 34.8 Å². The molecule has 4 aromatic rings. The zero-order valence-electron chi connectivity index (χ0n) is 15.9. The van der Waals surface area contributed by atoms with Crippen LogP contribution in [0.1, 0.15) is 26.5 Å². The lowest BCUT2D eigenvalue weighted by molar-refractivity contribution is 0.0997. The molecule has 1 N–H and O–H groups in total. The number of hydrogen-bond donors (Lipinski definition) is 1. The molecule has 0 spiro atoms. The predicted octanol–water partition coefficient (Wildman–Crippen LogP) is 7.39. The van der Waals surface area contributed by atoms with Crippen molar-refractivity contribution in [2.24, 2.45) is 0 Å². The van der Waals surface area contributed by atoms with E-state index in [0.717, 1.165) is 0 Å². The number of carbonyl (C=O) groups excluding carboxylic acids is 2. The number of hydrogen-bond acceptors (Lipinski definition) is 3. The summed E-state index contributed by atoms with van der Waals surface area (Å²) in [7, 11) is 0. The van der Waals surface area contributed by atoms with Crippen molar-refractivity contribution in [3.8, 4) is 11.3 Å². The normalized spacial score (nSPS) is 10.7. The minimum Gasteiger partial charge on any atom is -0.451 e. The van der Waals surface area contributed by atoms with E-state index in [1.165, 1.54) is 12.1 Å². The highest BCUT2D eigenvalue weighted by Crippen LogP contribution is 2.32. The molecule has 0 atom stereocenters. The third-order valence-corrected chi connectivity index (χ3v) is 5.33. The maximum atomic E-state index is 12.9. The molecule has 31 heavy (non-hydrogen) atoms. The van der Waals surface area contributed by atoms with Crippen molar-refractivity contribution in [3.05, 3.63) is 111 Å². The summed E-state index contributed by atoms with van der Waals surface area (Å²) in [6.45, 7) is 0. The summed E-state index contributed by atoms with van der Waals surface area (Å²) >= 11 is 18.3. The Morgan fingerprint density at radius 2 is 1.48 bits per heavy atom. The number of ketones is 1. The van der Waals surface area contributed by atoms with E-state index >= 15 is 0 Å². The summed E-state index contributed by atoms with van der Waals surface area (Å²) in [6.07, 6.45) is 0. The van der Waals surface area contributed by atoms with Gasteiger partial charge in [0.1, 0.15) is 5.76 Å². The third kappa shape index (κ3) is 4.67. The van der Waals surface area contributed by atoms with E-state index in [2.05, 4.69) is 5.32 Å². The Labute approximate surface area is 193 Å². The Hall–Kier alpha value is -3.05. The fraction of sp³-hybridized carbons (Fsp3) is 0. The number of rotatable bonds is 5. The van der Waals surface area contributed by atoms with Crippen molar-refractivity contribution >= 4 is 52.2 Å². The first-order chi connectivity index (χ1) is 14.9. The molecule has 0 saturated heterocycles. The van der Waals surface area contributed by atoms with Gasteiger partial charge in [0.05, 0.1) is 10.7 Å². The molecular formula is C24H14Cl3NO3. The largest absolute Gasteiger partial charge is 0.451 e. The molecule has 4 nitrogen and oxygen atoms in total. The summed E-state index contributed by atoms with van der Waals surface area (Å²) in [5.74, 6) is -0.327.